The highest BCUT2D eigenvalue weighted by Gasteiger charge is 2.44. The smallest absolute Gasteiger partial charge is 0.412 e. The van der Waals surface area contributed by atoms with Crippen molar-refractivity contribution in [1.82, 2.24) is 9.80 Å². The molecular formula is C31H31Cl2F2N3O3. The zero-order valence-electron chi connectivity index (χ0n) is 22.6. The maximum atomic E-state index is 14.1. The first-order valence-corrected chi connectivity index (χ1v) is 14.4. The lowest BCUT2D eigenvalue weighted by molar-refractivity contribution is -0.132. The predicted molar refractivity (Wildman–Crippen MR) is 155 cm³/mol. The number of piperidine rings is 1. The monoisotopic (exact) mass is 601 g/mol. The largest absolute Gasteiger partial charge is 0.438 e. The third kappa shape index (κ3) is 6.66. The molecule has 5 rings (SSSR count). The molecule has 3 aromatic rings. The van der Waals surface area contributed by atoms with E-state index >= 15 is 0 Å². The van der Waals surface area contributed by atoms with Crippen molar-refractivity contribution in [3.05, 3.63) is 99.0 Å². The molecule has 0 aliphatic carbocycles. The van der Waals surface area contributed by atoms with Crippen LogP contribution in [-0.4, -0.2) is 48.5 Å². The quantitative estimate of drug-likeness (QED) is 0.293. The summed E-state index contributed by atoms with van der Waals surface area (Å²) in [4.78, 5) is 29.8. The first-order chi connectivity index (χ1) is 19.6. The molecule has 1 N–H and O–H groups in total. The summed E-state index contributed by atoms with van der Waals surface area (Å²) in [5, 5.41) is 3.46. The molecular weight excluding hydrogens is 571 g/mol. The van der Waals surface area contributed by atoms with Crippen LogP contribution in [-0.2, 0) is 21.7 Å². The lowest BCUT2D eigenvalue weighted by Crippen LogP contribution is -2.48. The van der Waals surface area contributed by atoms with Crippen molar-refractivity contribution < 1.29 is 23.1 Å². The Bertz CT molecular complexity index is 1450. The highest BCUT2D eigenvalue weighted by atomic mass is 35.5. The summed E-state index contributed by atoms with van der Waals surface area (Å²) in [7, 11) is 1.71. The van der Waals surface area contributed by atoms with Crippen LogP contribution in [0.15, 0.2) is 60.7 Å². The molecule has 1 saturated heterocycles. The Hall–Kier alpha value is -3.20. The van der Waals surface area contributed by atoms with Crippen molar-refractivity contribution >= 4 is 40.9 Å². The van der Waals surface area contributed by atoms with Crippen molar-refractivity contribution in [3.8, 4) is 0 Å². The van der Waals surface area contributed by atoms with Gasteiger partial charge in [-0.25, -0.2) is 13.6 Å². The number of halogens is 4. The van der Waals surface area contributed by atoms with Gasteiger partial charge in [0.25, 0.3) is 0 Å². The zero-order valence-corrected chi connectivity index (χ0v) is 24.2. The van der Waals surface area contributed by atoms with E-state index in [1.165, 1.54) is 24.3 Å². The topological polar surface area (TPSA) is 61.9 Å². The van der Waals surface area contributed by atoms with Crippen molar-refractivity contribution in [2.24, 2.45) is 0 Å². The Kier molecular flexibility index (Phi) is 8.82. The molecule has 6 nitrogen and oxygen atoms in total. The van der Waals surface area contributed by atoms with Crippen molar-refractivity contribution in [3.63, 3.8) is 0 Å². The molecule has 41 heavy (non-hydrogen) atoms. The molecule has 2 aliphatic heterocycles. The van der Waals surface area contributed by atoms with Crippen LogP contribution in [0.1, 0.15) is 48.3 Å². The van der Waals surface area contributed by atoms with Gasteiger partial charge in [0.15, 0.2) is 0 Å². The number of carbonyl (C=O) groups excluding carboxylic acids is 2. The SMILES string of the molecule is CN(Cc1cccc(F)c1)C(=O)C(CCCN1CCC2(CC1)OC(=O)Nc1ccc(F)cc12)c1ccc(Cl)c(Cl)c1. The molecule has 0 radical (unpaired) electrons. The van der Waals surface area contributed by atoms with Crippen LogP contribution in [0.4, 0.5) is 19.3 Å². The number of fused-ring (bicyclic) bond motifs is 2. The molecule has 1 fully saturated rings. The number of benzene rings is 3. The number of nitrogens with zero attached hydrogens (tertiary/aromatic N) is 2. The maximum absolute atomic E-state index is 14.1. The van der Waals surface area contributed by atoms with E-state index in [0.717, 1.165) is 18.5 Å². The van der Waals surface area contributed by atoms with E-state index in [4.69, 9.17) is 27.9 Å². The van der Waals surface area contributed by atoms with E-state index in [0.29, 0.717) is 59.2 Å². The number of anilines is 1. The summed E-state index contributed by atoms with van der Waals surface area (Å²) >= 11 is 12.4. The van der Waals surface area contributed by atoms with Crippen LogP contribution in [0.5, 0.6) is 0 Å². The van der Waals surface area contributed by atoms with Gasteiger partial charge < -0.3 is 14.5 Å². The summed E-state index contributed by atoms with van der Waals surface area (Å²) < 4.78 is 33.5. The number of amides is 2. The van der Waals surface area contributed by atoms with E-state index in [1.807, 2.05) is 6.07 Å². The average molecular weight is 603 g/mol. The minimum atomic E-state index is -0.853. The standard InChI is InChI=1S/C31H31Cl2F2N3O3/c1-37(19-20-4-2-5-22(34)16-20)29(39)24(21-7-9-26(32)27(33)17-21)6-3-13-38-14-11-31(12-15-38)25-18-23(35)8-10-28(25)36-30(40)41-31/h2,4-5,7-10,16-18,24H,3,6,11-15,19H2,1H3,(H,36,40). The molecule has 3 aromatic carbocycles. The van der Waals surface area contributed by atoms with Crippen LogP contribution < -0.4 is 5.32 Å². The lowest BCUT2D eigenvalue weighted by Gasteiger charge is -2.44. The molecule has 0 saturated carbocycles. The van der Waals surface area contributed by atoms with Gasteiger partial charge in [0, 0.05) is 45.1 Å². The van der Waals surface area contributed by atoms with Crippen molar-refractivity contribution in [2.75, 3.05) is 32.0 Å². The fraction of sp³-hybridized carbons (Fsp3) is 0.355. The molecule has 2 aliphatic rings. The average Bonchev–Trinajstić information content (AvgIpc) is 2.94. The van der Waals surface area contributed by atoms with Crippen LogP contribution >= 0.6 is 23.2 Å². The third-order valence-corrected chi connectivity index (χ3v) is 8.70. The number of rotatable bonds is 8. The molecule has 1 atom stereocenters. The first-order valence-electron chi connectivity index (χ1n) is 13.6. The number of hydrogen-bond donors (Lipinski definition) is 1. The number of ether oxygens (including phenoxy) is 1. The van der Waals surface area contributed by atoms with Crippen LogP contribution in [0.3, 0.4) is 0 Å². The third-order valence-electron chi connectivity index (χ3n) is 7.96. The van der Waals surface area contributed by atoms with Gasteiger partial charge in [0.1, 0.15) is 17.2 Å². The van der Waals surface area contributed by atoms with Gasteiger partial charge in [0.2, 0.25) is 5.91 Å². The Balaban J connectivity index is 1.24. The number of hydrogen-bond acceptors (Lipinski definition) is 4. The van der Waals surface area contributed by atoms with Gasteiger partial charge in [0.05, 0.1) is 21.7 Å². The van der Waals surface area contributed by atoms with Crippen LogP contribution in [0, 0.1) is 11.6 Å². The van der Waals surface area contributed by atoms with Crippen LogP contribution in [0.2, 0.25) is 10.0 Å². The highest BCUT2D eigenvalue weighted by molar-refractivity contribution is 6.42. The van der Waals surface area contributed by atoms with E-state index < -0.39 is 17.6 Å². The highest BCUT2D eigenvalue weighted by Crippen LogP contribution is 2.44. The summed E-state index contributed by atoms with van der Waals surface area (Å²) in [6, 6.07) is 15.8. The summed E-state index contributed by atoms with van der Waals surface area (Å²) in [5.41, 5.74) is 1.88. The van der Waals surface area contributed by atoms with E-state index in [-0.39, 0.29) is 24.1 Å². The Morgan fingerprint density at radius 2 is 1.80 bits per heavy atom. The summed E-state index contributed by atoms with van der Waals surface area (Å²) in [6.07, 6.45) is 1.86. The van der Waals surface area contributed by atoms with Gasteiger partial charge in [-0.05, 0) is 73.0 Å². The number of carbonyl (C=O) groups is 2. The number of nitrogens with one attached hydrogen (secondary N) is 1. The lowest BCUT2D eigenvalue weighted by atomic mass is 9.82. The molecule has 2 heterocycles. The molecule has 0 bridgehead atoms. The van der Waals surface area contributed by atoms with Gasteiger partial charge in [-0.2, -0.15) is 0 Å². The summed E-state index contributed by atoms with van der Waals surface area (Å²) in [5.74, 6) is -1.27. The second-order valence-corrected chi connectivity index (χ2v) is 11.5. The fourth-order valence-electron chi connectivity index (χ4n) is 5.81. The Morgan fingerprint density at radius 3 is 2.54 bits per heavy atom. The molecule has 216 valence electrons. The molecule has 10 heteroatoms. The van der Waals surface area contributed by atoms with Gasteiger partial charge in [-0.3, -0.25) is 10.1 Å². The van der Waals surface area contributed by atoms with Gasteiger partial charge >= 0.3 is 6.09 Å². The second-order valence-electron chi connectivity index (χ2n) is 10.7. The van der Waals surface area contributed by atoms with Crippen molar-refractivity contribution in [1.29, 1.82) is 0 Å². The van der Waals surface area contributed by atoms with E-state index in [2.05, 4.69) is 10.2 Å². The Morgan fingerprint density at radius 1 is 1.05 bits per heavy atom. The van der Waals surface area contributed by atoms with E-state index in [9.17, 15) is 18.4 Å². The van der Waals surface area contributed by atoms with Gasteiger partial charge in [-0.1, -0.05) is 41.4 Å². The zero-order chi connectivity index (χ0) is 29.1. The molecule has 1 unspecified atom stereocenters. The number of likely N-dealkylation sites (tertiary alicyclic amines) is 1. The molecule has 1 spiro atoms. The van der Waals surface area contributed by atoms with Crippen LogP contribution in [0.25, 0.3) is 0 Å². The van der Waals surface area contributed by atoms with E-state index in [1.54, 1.807) is 42.3 Å². The molecule has 2 amide bonds. The normalized spacial score (nSPS) is 17.0. The fourth-order valence-corrected chi connectivity index (χ4v) is 6.12. The maximum Gasteiger partial charge on any atom is 0.412 e. The minimum absolute atomic E-state index is 0.0921. The minimum Gasteiger partial charge on any atom is -0.438 e. The van der Waals surface area contributed by atoms with Crippen molar-refractivity contribution in [2.45, 2.75) is 43.7 Å². The second kappa shape index (κ2) is 12.3. The molecule has 0 aromatic heterocycles. The first kappa shape index (κ1) is 29.3. The number of likely N-dealkylation sites (N-methyl/N-ethyl adjacent to an activating group) is 1. The van der Waals surface area contributed by atoms with Gasteiger partial charge in [-0.15, -0.1) is 0 Å². The Labute approximate surface area is 248 Å². The summed E-state index contributed by atoms with van der Waals surface area (Å²) in [6.45, 7) is 2.33. The predicted octanol–water partition coefficient (Wildman–Crippen LogP) is 7.35.